The summed E-state index contributed by atoms with van der Waals surface area (Å²) in [5.74, 6) is -3.33. The molecule has 1 aromatic heterocycles. The largest absolute Gasteiger partial charge is 0.508 e. The highest BCUT2D eigenvalue weighted by atomic mass is 16.7. The van der Waals surface area contributed by atoms with Crippen LogP contribution in [-0.4, -0.2) is 136 Å². The number of hydrogen-bond acceptors (Lipinski definition) is 16. The number of fused-ring (bicyclic) bond motifs is 1. The van der Waals surface area contributed by atoms with Gasteiger partial charge in [0.25, 0.3) is 0 Å². The van der Waals surface area contributed by atoms with E-state index in [2.05, 4.69) is 0 Å². The van der Waals surface area contributed by atoms with E-state index >= 15 is 0 Å². The molecule has 258 valence electrons. The van der Waals surface area contributed by atoms with E-state index in [0.29, 0.717) is 0 Å². The zero-order valence-electron chi connectivity index (χ0n) is 23.8. The summed E-state index contributed by atoms with van der Waals surface area (Å²) >= 11 is 0. The number of phenols is 4. The minimum Gasteiger partial charge on any atom is -0.508 e. The predicted octanol–water partition coefficient (Wildman–Crippen LogP) is -4.16. The topological polar surface area (TPSA) is 364 Å². The molecule has 2 fully saturated rings. The number of hydrogen-bond donors (Lipinski definition) is 10. The number of aliphatic hydroxyl groups is 6. The summed E-state index contributed by atoms with van der Waals surface area (Å²) in [5.41, 5.74) is -1.35. The van der Waals surface area contributed by atoms with E-state index in [1.165, 1.54) is 13.0 Å². The van der Waals surface area contributed by atoms with Crippen LogP contribution in [0.4, 0.5) is 0 Å². The minimum atomic E-state index is -1.97. The summed E-state index contributed by atoms with van der Waals surface area (Å²) in [6.45, 7) is 0.818. The SMILES string of the molecule is CC1OC(OCC2OC(Oc3c(-c4ccc(O)c(O)c4)oc4cc(O)cc(O)c4c3=O)C(O)C(O)C2O)C(O)C(O)C1O.O.O.O. The van der Waals surface area contributed by atoms with Crippen LogP contribution >= 0.6 is 0 Å². The van der Waals surface area contributed by atoms with Crippen molar-refractivity contribution in [3.8, 4) is 40.1 Å². The Labute approximate surface area is 257 Å². The van der Waals surface area contributed by atoms with Gasteiger partial charge in [0.1, 0.15) is 65.2 Å². The third-order valence-electron chi connectivity index (χ3n) is 7.29. The number of aromatic hydroxyl groups is 4. The Morgan fingerprint density at radius 3 is 2.00 bits per heavy atom. The Kier molecular flexibility index (Phi) is 12.3. The first kappa shape index (κ1) is 38.4. The molecule has 19 nitrogen and oxygen atoms in total. The molecule has 2 aromatic carbocycles. The second kappa shape index (κ2) is 14.7. The summed E-state index contributed by atoms with van der Waals surface area (Å²) in [4.78, 5) is 13.6. The van der Waals surface area contributed by atoms with Gasteiger partial charge in [-0.05, 0) is 25.1 Å². The van der Waals surface area contributed by atoms with Crippen molar-refractivity contribution in [2.75, 3.05) is 6.61 Å². The van der Waals surface area contributed by atoms with E-state index in [1.807, 2.05) is 0 Å². The van der Waals surface area contributed by atoms with Crippen LogP contribution in [0.25, 0.3) is 22.3 Å². The molecule has 0 aliphatic carbocycles. The van der Waals surface area contributed by atoms with Crippen molar-refractivity contribution < 1.29 is 90.9 Å². The lowest BCUT2D eigenvalue weighted by Gasteiger charge is -2.42. The van der Waals surface area contributed by atoms with Crippen LogP contribution in [-0.2, 0) is 14.2 Å². The molecule has 3 heterocycles. The molecule has 19 heteroatoms. The maximum Gasteiger partial charge on any atom is 0.239 e. The summed E-state index contributed by atoms with van der Waals surface area (Å²) in [6.07, 6.45) is -16.2. The maximum atomic E-state index is 13.6. The Morgan fingerprint density at radius 1 is 0.717 bits per heavy atom. The van der Waals surface area contributed by atoms with Crippen LogP contribution < -0.4 is 10.2 Å². The Balaban J connectivity index is 0.00000245. The maximum absolute atomic E-state index is 13.6. The summed E-state index contributed by atoms with van der Waals surface area (Å²) in [7, 11) is 0. The van der Waals surface area contributed by atoms with Gasteiger partial charge in [0.05, 0.1) is 12.7 Å². The van der Waals surface area contributed by atoms with Gasteiger partial charge in [-0.3, -0.25) is 4.79 Å². The summed E-state index contributed by atoms with van der Waals surface area (Å²) in [5, 5.41) is 101. The van der Waals surface area contributed by atoms with Crippen molar-refractivity contribution in [1.82, 2.24) is 0 Å². The molecule has 2 aliphatic heterocycles. The second-order valence-corrected chi connectivity index (χ2v) is 10.3. The first-order valence-corrected chi connectivity index (χ1v) is 13.0. The number of benzene rings is 2. The van der Waals surface area contributed by atoms with Crippen molar-refractivity contribution in [2.24, 2.45) is 0 Å². The average molecular weight is 665 g/mol. The molecule has 3 aromatic rings. The molecule has 0 radical (unpaired) electrons. The van der Waals surface area contributed by atoms with Gasteiger partial charge in [-0.15, -0.1) is 0 Å². The van der Waals surface area contributed by atoms with E-state index < -0.39 is 113 Å². The molecular weight excluding hydrogens is 628 g/mol. The lowest BCUT2D eigenvalue weighted by Crippen LogP contribution is -2.61. The molecular formula is C27H36O19. The zero-order chi connectivity index (χ0) is 31.3. The third kappa shape index (κ3) is 6.95. The van der Waals surface area contributed by atoms with Crippen molar-refractivity contribution >= 4 is 11.0 Å². The van der Waals surface area contributed by atoms with Gasteiger partial charge in [-0.25, -0.2) is 0 Å². The molecule has 10 unspecified atom stereocenters. The lowest BCUT2D eigenvalue weighted by atomic mass is 9.98. The smallest absolute Gasteiger partial charge is 0.239 e. The first-order valence-electron chi connectivity index (χ1n) is 13.0. The molecule has 0 saturated carbocycles. The minimum absolute atomic E-state index is 0. The standard InChI is InChI=1S/C27H30O16.3H2O/c1-8-17(32)20(35)22(37)26(40-8)39-7-15-18(33)21(36)23(38)27(42-15)43-25-19(34)16-13(31)5-10(28)6-14(16)41-24(25)9-2-3-11(29)12(30)4-9;;;/h2-6,8,15,17-18,20-23,26-33,35-38H,7H2,1H3;3*1H2. The van der Waals surface area contributed by atoms with Gasteiger partial charge in [0.2, 0.25) is 17.5 Å². The number of aliphatic hydroxyl groups excluding tert-OH is 6. The number of rotatable bonds is 6. The highest BCUT2D eigenvalue weighted by Crippen LogP contribution is 2.39. The predicted molar refractivity (Wildman–Crippen MR) is 151 cm³/mol. The molecule has 10 atom stereocenters. The molecule has 0 spiro atoms. The number of ether oxygens (including phenoxy) is 4. The highest BCUT2D eigenvalue weighted by molar-refractivity contribution is 5.88. The highest BCUT2D eigenvalue weighted by Gasteiger charge is 2.47. The van der Waals surface area contributed by atoms with E-state index in [-0.39, 0.29) is 27.6 Å². The first-order chi connectivity index (χ1) is 20.3. The molecule has 2 saturated heterocycles. The third-order valence-corrected chi connectivity index (χ3v) is 7.29. The Hall–Kier alpha value is -3.83. The molecule has 46 heavy (non-hydrogen) atoms. The zero-order valence-corrected chi connectivity index (χ0v) is 23.8. The fourth-order valence-electron chi connectivity index (χ4n) is 4.84. The fourth-order valence-corrected chi connectivity index (χ4v) is 4.84. The quantitative estimate of drug-likeness (QED) is 0.112. The Bertz CT molecular complexity index is 1540. The van der Waals surface area contributed by atoms with Crippen molar-refractivity contribution in [1.29, 1.82) is 0 Å². The van der Waals surface area contributed by atoms with Crippen LogP contribution in [0.2, 0.25) is 0 Å². The van der Waals surface area contributed by atoms with E-state index in [9.17, 15) is 55.9 Å². The molecule has 0 bridgehead atoms. The van der Waals surface area contributed by atoms with E-state index in [4.69, 9.17) is 23.4 Å². The Morgan fingerprint density at radius 2 is 1.35 bits per heavy atom. The van der Waals surface area contributed by atoms with Crippen molar-refractivity contribution in [3.63, 3.8) is 0 Å². The normalized spacial score (nSPS) is 30.8. The van der Waals surface area contributed by atoms with Crippen LogP contribution in [0.3, 0.4) is 0 Å². The van der Waals surface area contributed by atoms with Gasteiger partial charge in [0, 0.05) is 17.7 Å². The van der Waals surface area contributed by atoms with Gasteiger partial charge >= 0.3 is 0 Å². The van der Waals surface area contributed by atoms with Crippen LogP contribution in [0, 0.1) is 0 Å². The van der Waals surface area contributed by atoms with Gasteiger partial charge in [0.15, 0.2) is 23.5 Å². The monoisotopic (exact) mass is 664 g/mol. The fraction of sp³-hybridized carbons (Fsp3) is 0.444. The van der Waals surface area contributed by atoms with E-state index in [1.54, 1.807) is 0 Å². The van der Waals surface area contributed by atoms with Crippen LogP contribution in [0.1, 0.15) is 6.92 Å². The molecule has 0 amide bonds. The van der Waals surface area contributed by atoms with Crippen molar-refractivity contribution in [2.45, 2.75) is 68.3 Å². The average Bonchev–Trinajstić information content (AvgIpc) is 2.96. The van der Waals surface area contributed by atoms with Gasteiger partial charge < -0.3 is 90.9 Å². The van der Waals surface area contributed by atoms with Crippen LogP contribution in [0.5, 0.6) is 28.7 Å². The molecule has 16 N–H and O–H groups in total. The lowest BCUT2D eigenvalue weighted by molar-refractivity contribution is -0.318. The molecule has 2 aliphatic rings. The van der Waals surface area contributed by atoms with E-state index in [0.717, 1.165) is 24.3 Å². The van der Waals surface area contributed by atoms with Crippen molar-refractivity contribution in [3.05, 3.63) is 40.6 Å². The van der Waals surface area contributed by atoms with Crippen LogP contribution in [0.15, 0.2) is 39.5 Å². The summed E-state index contributed by atoms with van der Waals surface area (Å²) in [6, 6.07) is 5.24. The second-order valence-electron chi connectivity index (χ2n) is 10.3. The summed E-state index contributed by atoms with van der Waals surface area (Å²) < 4.78 is 27.8. The number of phenolic OH excluding ortho intramolecular Hbond substituents is 4. The molecule has 5 rings (SSSR count). The van der Waals surface area contributed by atoms with Gasteiger partial charge in [-0.2, -0.15) is 0 Å². The van der Waals surface area contributed by atoms with Gasteiger partial charge in [-0.1, -0.05) is 0 Å².